The molecule has 46 heavy (non-hydrogen) atoms. The molecule has 1 unspecified atom stereocenters. The maximum absolute atomic E-state index is 14.9. The lowest BCUT2D eigenvalue weighted by atomic mass is 10.0. The van der Waals surface area contributed by atoms with Crippen LogP contribution in [0.15, 0.2) is 48.8 Å². The van der Waals surface area contributed by atoms with Crippen LogP contribution in [0.4, 0.5) is 26.1 Å². The lowest BCUT2D eigenvalue weighted by Crippen LogP contribution is -2.59. The number of alkyl halides is 2. The Hall–Kier alpha value is -4.92. The number of aromatic nitrogens is 3. The van der Waals surface area contributed by atoms with Crippen LogP contribution in [-0.4, -0.2) is 101 Å². The molecule has 0 bridgehead atoms. The van der Waals surface area contributed by atoms with Crippen LogP contribution in [0.5, 0.6) is 5.75 Å². The molecule has 14 heteroatoms. The number of nitrogens with zero attached hydrogens (tertiary/aromatic N) is 8. The molecular weight excluding hydrogens is 596 g/mol. The van der Waals surface area contributed by atoms with Crippen LogP contribution >= 0.6 is 0 Å². The van der Waals surface area contributed by atoms with Gasteiger partial charge in [0.2, 0.25) is 11.9 Å². The summed E-state index contributed by atoms with van der Waals surface area (Å²) in [5, 5.41) is 21.7. The van der Waals surface area contributed by atoms with Gasteiger partial charge in [-0.1, -0.05) is 0 Å². The number of likely N-dealkylation sites (tertiary alicyclic amines) is 1. The Morgan fingerprint density at radius 1 is 1.13 bits per heavy atom. The van der Waals surface area contributed by atoms with Gasteiger partial charge in [0, 0.05) is 55.6 Å². The Bertz CT molecular complexity index is 1660. The summed E-state index contributed by atoms with van der Waals surface area (Å²) in [5.41, 5.74) is 2.45. The van der Waals surface area contributed by atoms with E-state index in [4.69, 9.17) is 14.7 Å². The molecule has 12 nitrogen and oxygen atoms in total. The van der Waals surface area contributed by atoms with Crippen molar-refractivity contribution in [1.82, 2.24) is 24.8 Å². The summed E-state index contributed by atoms with van der Waals surface area (Å²) in [7, 11) is 0. The molecule has 2 aromatic carbocycles. The van der Waals surface area contributed by atoms with E-state index in [9.17, 15) is 18.8 Å². The van der Waals surface area contributed by atoms with Crippen molar-refractivity contribution < 1.29 is 23.0 Å². The number of carbonyl (C=O) groups is 1. The van der Waals surface area contributed by atoms with E-state index in [1.165, 1.54) is 18.5 Å². The van der Waals surface area contributed by atoms with Gasteiger partial charge in [0.05, 0.1) is 37.4 Å². The van der Waals surface area contributed by atoms with Gasteiger partial charge >= 0.3 is 5.92 Å². The second-order valence-electron chi connectivity index (χ2n) is 11.7. The summed E-state index contributed by atoms with van der Waals surface area (Å²) in [6.07, 6.45) is -0.791. The van der Waals surface area contributed by atoms with Crippen molar-refractivity contribution in [3.63, 3.8) is 0 Å². The maximum Gasteiger partial charge on any atom is 0.301 e. The molecule has 0 saturated carbocycles. The van der Waals surface area contributed by atoms with Crippen molar-refractivity contribution in [3.8, 4) is 29.3 Å². The molecule has 6 rings (SSSR count). The van der Waals surface area contributed by atoms with Gasteiger partial charge in [-0.15, -0.1) is 0 Å². The summed E-state index contributed by atoms with van der Waals surface area (Å²) in [6, 6.07) is 17.2. The highest BCUT2D eigenvalue weighted by atomic mass is 19.3. The van der Waals surface area contributed by atoms with E-state index in [1.54, 1.807) is 12.1 Å². The zero-order chi connectivity index (χ0) is 32.3. The third-order valence-corrected chi connectivity index (χ3v) is 8.57. The minimum atomic E-state index is -3.36. The SMILES string of the molecule is C[C@H]1CN(C2COC2)CCN1c1ccc(Nc2ncnc(-c3ccc(OC4CCN(C(=O)CC#N)CC4(F)F)c(C#N)c3)n2)cc1. The zero-order valence-corrected chi connectivity index (χ0v) is 25.3. The number of rotatable bonds is 8. The van der Waals surface area contributed by atoms with E-state index in [-0.39, 0.29) is 30.1 Å². The average Bonchev–Trinajstić information content (AvgIpc) is 3.02. The van der Waals surface area contributed by atoms with E-state index in [1.807, 2.05) is 18.2 Å². The van der Waals surface area contributed by atoms with Crippen molar-refractivity contribution in [3.05, 3.63) is 54.4 Å². The van der Waals surface area contributed by atoms with Crippen LogP contribution in [0, 0.1) is 22.7 Å². The van der Waals surface area contributed by atoms with Gasteiger partial charge in [0.1, 0.15) is 24.6 Å². The van der Waals surface area contributed by atoms with Crippen molar-refractivity contribution in [2.24, 2.45) is 0 Å². The molecule has 3 fully saturated rings. The number of amides is 1. The molecule has 3 aliphatic rings. The number of benzene rings is 2. The maximum atomic E-state index is 14.9. The predicted molar refractivity (Wildman–Crippen MR) is 163 cm³/mol. The first-order chi connectivity index (χ1) is 22.2. The largest absolute Gasteiger partial charge is 0.483 e. The number of nitrogens with one attached hydrogen (secondary N) is 1. The number of ether oxygens (including phenoxy) is 2. The van der Waals surface area contributed by atoms with Crippen molar-refractivity contribution in [1.29, 1.82) is 10.5 Å². The number of nitriles is 2. The van der Waals surface area contributed by atoms with Crippen molar-refractivity contribution >= 4 is 23.2 Å². The van der Waals surface area contributed by atoms with Crippen LogP contribution in [0.3, 0.4) is 0 Å². The highest BCUT2D eigenvalue weighted by Gasteiger charge is 2.47. The second-order valence-corrected chi connectivity index (χ2v) is 11.7. The molecule has 3 aromatic rings. The molecule has 2 atom stereocenters. The third kappa shape index (κ3) is 6.68. The Balaban J connectivity index is 1.10. The number of halogens is 2. The number of piperazine rings is 1. The molecular formula is C32H33F2N9O3. The van der Waals surface area contributed by atoms with Crippen molar-refractivity contribution in [2.75, 3.05) is 56.2 Å². The topological polar surface area (TPSA) is 144 Å². The number of hydrogen-bond acceptors (Lipinski definition) is 11. The second kappa shape index (κ2) is 13.2. The smallest absolute Gasteiger partial charge is 0.301 e. The summed E-state index contributed by atoms with van der Waals surface area (Å²) in [5.74, 6) is -3.42. The molecule has 0 spiro atoms. The highest BCUT2D eigenvalue weighted by Crippen LogP contribution is 2.34. The lowest BCUT2D eigenvalue weighted by molar-refractivity contribution is -0.159. The first-order valence-electron chi connectivity index (χ1n) is 15.1. The predicted octanol–water partition coefficient (Wildman–Crippen LogP) is 3.59. The van der Waals surface area contributed by atoms with Crippen LogP contribution in [0.2, 0.25) is 0 Å². The van der Waals surface area contributed by atoms with E-state index in [0.29, 0.717) is 23.6 Å². The van der Waals surface area contributed by atoms with Crippen LogP contribution in [-0.2, 0) is 9.53 Å². The van der Waals surface area contributed by atoms with Gasteiger partial charge in [-0.3, -0.25) is 9.69 Å². The Morgan fingerprint density at radius 2 is 1.93 bits per heavy atom. The summed E-state index contributed by atoms with van der Waals surface area (Å²) >= 11 is 0. The van der Waals surface area contributed by atoms with Gasteiger partial charge in [0.25, 0.3) is 0 Å². The average molecular weight is 630 g/mol. The van der Waals surface area contributed by atoms with Gasteiger partial charge in [-0.25, -0.2) is 18.7 Å². The summed E-state index contributed by atoms with van der Waals surface area (Å²) in [4.78, 5) is 30.8. The fraction of sp³-hybridized carbons (Fsp3) is 0.438. The van der Waals surface area contributed by atoms with E-state index in [0.717, 1.165) is 49.1 Å². The minimum absolute atomic E-state index is 0.00647. The van der Waals surface area contributed by atoms with Gasteiger partial charge in [-0.2, -0.15) is 15.5 Å². The molecule has 238 valence electrons. The lowest BCUT2D eigenvalue weighted by Gasteiger charge is -2.46. The fourth-order valence-corrected chi connectivity index (χ4v) is 5.97. The van der Waals surface area contributed by atoms with Crippen LogP contribution in [0.25, 0.3) is 11.4 Å². The van der Waals surface area contributed by atoms with Crippen molar-refractivity contribution in [2.45, 2.75) is 43.9 Å². The fourth-order valence-electron chi connectivity index (χ4n) is 5.97. The quantitative estimate of drug-likeness (QED) is 0.390. The Labute approximate surface area is 265 Å². The van der Waals surface area contributed by atoms with Crippen LogP contribution in [0.1, 0.15) is 25.3 Å². The number of piperidine rings is 1. The van der Waals surface area contributed by atoms with E-state index >= 15 is 0 Å². The van der Waals surface area contributed by atoms with Gasteiger partial charge in [-0.05, 0) is 49.4 Å². The summed E-state index contributed by atoms with van der Waals surface area (Å²) in [6.45, 7) is 6.01. The number of carbonyl (C=O) groups excluding carboxylic acids is 1. The normalized spacial score (nSPS) is 21.5. The highest BCUT2D eigenvalue weighted by molar-refractivity contribution is 5.78. The molecule has 0 aliphatic carbocycles. The molecule has 1 aromatic heterocycles. The monoisotopic (exact) mass is 629 g/mol. The Morgan fingerprint density at radius 3 is 2.61 bits per heavy atom. The minimum Gasteiger partial charge on any atom is -0.483 e. The first kappa shape index (κ1) is 31.1. The van der Waals surface area contributed by atoms with Gasteiger partial charge in [0.15, 0.2) is 11.9 Å². The molecule has 3 saturated heterocycles. The molecule has 1 amide bonds. The van der Waals surface area contributed by atoms with E-state index < -0.39 is 30.9 Å². The third-order valence-electron chi connectivity index (χ3n) is 8.57. The molecule has 3 aliphatic heterocycles. The standard InChI is InChI=1S/C32H33F2N9O3/c1-21-16-41(26-17-45-18-26)12-13-43(21)25-5-3-24(4-6-25)39-31-38-20-37-30(40-31)22-2-7-27(23(14-22)15-36)46-28-9-11-42(19-32(28,33)34)29(44)8-10-35/h2-7,14,20-21,26,28H,8-9,11-13,16-19H2,1H3,(H,37,38,39,40)/t21-,28?/m0/s1. The zero-order valence-electron chi connectivity index (χ0n) is 25.3. The molecule has 4 heterocycles. The first-order valence-corrected chi connectivity index (χ1v) is 15.1. The summed E-state index contributed by atoms with van der Waals surface area (Å²) < 4.78 is 40.7. The van der Waals surface area contributed by atoms with Crippen LogP contribution < -0.4 is 15.0 Å². The molecule has 1 N–H and O–H groups in total. The number of anilines is 3. The number of hydrogen-bond donors (Lipinski definition) is 1. The van der Waals surface area contributed by atoms with E-state index in [2.05, 4.69) is 49.1 Å². The van der Waals surface area contributed by atoms with Gasteiger partial charge < -0.3 is 24.6 Å². The Kier molecular flexibility index (Phi) is 8.92. The molecule has 0 radical (unpaired) electrons.